The Kier molecular flexibility index (Phi) is 8.57. The van der Waals surface area contributed by atoms with Crippen molar-refractivity contribution in [3.8, 4) is 0 Å². The van der Waals surface area contributed by atoms with Gasteiger partial charge in [0, 0.05) is 70.9 Å². The molecule has 1 aliphatic carbocycles. The van der Waals surface area contributed by atoms with E-state index in [0.717, 1.165) is 97.8 Å². The summed E-state index contributed by atoms with van der Waals surface area (Å²) in [5.74, 6) is 0.482. The van der Waals surface area contributed by atoms with Gasteiger partial charge >= 0.3 is 0 Å². The maximum absolute atomic E-state index is 13.8. The van der Waals surface area contributed by atoms with Gasteiger partial charge in [-0.05, 0) is 50.3 Å². The Balaban J connectivity index is 1.34. The van der Waals surface area contributed by atoms with E-state index in [-0.39, 0.29) is 29.8 Å². The highest BCUT2D eigenvalue weighted by molar-refractivity contribution is 5.90. The van der Waals surface area contributed by atoms with Crippen molar-refractivity contribution in [3.63, 3.8) is 0 Å². The Bertz CT molecular complexity index is 893. The second-order valence-corrected chi connectivity index (χ2v) is 11.0. The lowest BCUT2D eigenvalue weighted by molar-refractivity contribution is -0.144. The number of amides is 2. The molecule has 1 aromatic rings. The molecule has 1 saturated carbocycles. The van der Waals surface area contributed by atoms with Crippen LogP contribution >= 0.6 is 0 Å². The van der Waals surface area contributed by atoms with Crippen LogP contribution < -0.4 is 5.32 Å². The van der Waals surface area contributed by atoms with Crippen molar-refractivity contribution in [2.45, 2.75) is 51.2 Å². The van der Waals surface area contributed by atoms with E-state index in [1.807, 2.05) is 9.80 Å². The molecule has 2 unspecified atom stereocenters. The first-order chi connectivity index (χ1) is 17.6. The van der Waals surface area contributed by atoms with E-state index in [4.69, 9.17) is 4.74 Å². The summed E-state index contributed by atoms with van der Waals surface area (Å²) in [6, 6.07) is 8.45. The SMILES string of the molecule is Cc1ccccc1CN(CCN1CCOCC1)C1CC(C(=O)N2CCCNCC2)N(C(=O)C2CC2)C1. The van der Waals surface area contributed by atoms with Gasteiger partial charge in [-0.2, -0.15) is 0 Å². The smallest absolute Gasteiger partial charge is 0.245 e. The van der Waals surface area contributed by atoms with Gasteiger partial charge in [-0.25, -0.2) is 0 Å². The van der Waals surface area contributed by atoms with Gasteiger partial charge in [-0.15, -0.1) is 0 Å². The molecule has 8 heteroatoms. The van der Waals surface area contributed by atoms with Crippen molar-refractivity contribution in [2.24, 2.45) is 5.92 Å². The molecule has 4 fully saturated rings. The number of carbonyl (C=O) groups excluding carboxylic acids is 2. The van der Waals surface area contributed by atoms with Gasteiger partial charge in [0.1, 0.15) is 6.04 Å². The lowest BCUT2D eigenvalue weighted by Crippen LogP contribution is -2.49. The molecule has 4 aliphatic rings. The van der Waals surface area contributed by atoms with Gasteiger partial charge in [0.25, 0.3) is 0 Å². The van der Waals surface area contributed by atoms with Crippen LogP contribution in [0.5, 0.6) is 0 Å². The molecule has 0 spiro atoms. The van der Waals surface area contributed by atoms with Gasteiger partial charge in [-0.1, -0.05) is 24.3 Å². The summed E-state index contributed by atoms with van der Waals surface area (Å²) in [4.78, 5) is 36.1. The number of hydrogen-bond acceptors (Lipinski definition) is 6. The number of benzene rings is 1. The summed E-state index contributed by atoms with van der Waals surface area (Å²) in [6.45, 7) is 12.4. The molecular weight excluding hydrogens is 454 g/mol. The highest BCUT2D eigenvalue weighted by atomic mass is 16.5. The van der Waals surface area contributed by atoms with E-state index in [1.165, 1.54) is 11.1 Å². The second-order valence-electron chi connectivity index (χ2n) is 11.0. The predicted octanol–water partition coefficient (Wildman–Crippen LogP) is 1.33. The molecule has 1 aromatic carbocycles. The molecule has 2 amide bonds. The molecule has 3 aliphatic heterocycles. The van der Waals surface area contributed by atoms with Crippen LogP contribution in [0, 0.1) is 12.8 Å². The number of carbonyl (C=O) groups is 2. The van der Waals surface area contributed by atoms with Gasteiger partial charge in [-0.3, -0.25) is 19.4 Å². The van der Waals surface area contributed by atoms with E-state index in [0.29, 0.717) is 6.54 Å². The first-order valence-electron chi connectivity index (χ1n) is 14.0. The van der Waals surface area contributed by atoms with Crippen LogP contribution in [0.2, 0.25) is 0 Å². The summed E-state index contributed by atoms with van der Waals surface area (Å²) in [6.07, 6.45) is 3.64. The molecule has 3 saturated heterocycles. The third-order valence-electron chi connectivity index (χ3n) is 8.38. The van der Waals surface area contributed by atoms with E-state index in [9.17, 15) is 9.59 Å². The third-order valence-corrected chi connectivity index (χ3v) is 8.38. The Morgan fingerprint density at radius 3 is 2.64 bits per heavy atom. The van der Waals surface area contributed by atoms with Gasteiger partial charge < -0.3 is 19.9 Å². The van der Waals surface area contributed by atoms with E-state index < -0.39 is 0 Å². The number of aryl methyl sites for hydroxylation is 1. The number of ether oxygens (including phenoxy) is 1. The van der Waals surface area contributed by atoms with Crippen molar-refractivity contribution in [3.05, 3.63) is 35.4 Å². The molecular formula is C28H43N5O3. The lowest BCUT2D eigenvalue weighted by Gasteiger charge is -2.33. The molecule has 1 N–H and O–H groups in total. The molecule has 198 valence electrons. The standard InChI is InChI=1S/C28H43N5O3/c1-22-5-2-3-6-24(22)20-32(14-13-30-15-17-36-18-16-30)25-19-26(33(21-25)27(34)23-7-8-23)28(35)31-11-4-9-29-10-12-31/h2-3,5-6,23,25-26,29H,4,7-21H2,1H3. The predicted molar refractivity (Wildman–Crippen MR) is 140 cm³/mol. The van der Waals surface area contributed by atoms with Crippen molar-refractivity contribution >= 4 is 11.8 Å². The van der Waals surface area contributed by atoms with Gasteiger partial charge in [0.05, 0.1) is 13.2 Å². The zero-order valence-corrected chi connectivity index (χ0v) is 21.9. The fourth-order valence-electron chi connectivity index (χ4n) is 5.89. The number of likely N-dealkylation sites (tertiary alicyclic amines) is 1. The monoisotopic (exact) mass is 497 g/mol. The molecule has 0 bridgehead atoms. The average Bonchev–Trinajstić information content (AvgIpc) is 3.71. The molecule has 0 radical (unpaired) electrons. The summed E-state index contributed by atoms with van der Waals surface area (Å²) >= 11 is 0. The van der Waals surface area contributed by atoms with E-state index in [1.54, 1.807) is 0 Å². The first-order valence-corrected chi connectivity index (χ1v) is 14.0. The van der Waals surface area contributed by atoms with Gasteiger partial charge in [0.15, 0.2) is 0 Å². The zero-order chi connectivity index (χ0) is 24.9. The van der Waals surface area contributed by atoms with Crippen LogP contribution in [0.15, 0.2) is 24.3 Å². The number of nitrogens with one attached hydrogen (secondary N) is 1. The van der Waals surface area contributed by atoms with Crippen LogP contribution in [0.3, 0.4) is 0 Å². The third kappa shape index (κ3) is 6.28. The molecule has 8 nitrogen and oxygen atoms in total. The second kappa shape index (κ2) is 12.0. The fourth-order valence-corrected chi connectivity index (χ4v) is 5.89. The van der Waals surface area contributed by atoms with E-state index in [2.05, 4.69) is 46.3 Å². The minimum Gasteiger partial charge on any atom is -0.379 e. The molecule has 36 heavy (non-hydrogen) atoms. The number of hydrogen-bond donors (Lipinski definition) is 1. The fraction of sp³-hybridized carbons (Fsp3) is 0.714. The van der Waals surface area contributed by atoms with Crippen LogP contribution in [-0.4, -0.2) is 116 Å². The average molecular weight is 498 g/mol. The first kappa shape index (κ1) is 25.6. The minimum atomic E-state index is -0.330. The Morgan fingerprint density at radius 2 is 1.86 bits per heavy atom. The molecule has 2 atom stereocenters. The maximum Gasteiger partial charge on any atom is 0.245 e. The Morgan fingerprint density at radius 1 is 1.06 bits per heavy atom. The number of nitrogens with zero attached hydrogens (tertiary/aromatic N) is 4. The molecule has 5 rings (SSSR count). The summed E-state index contributed by atoms with van der Waals surface area (Å²) in [7, 11) is 0. The van der Waals surface area contributed by atoms with Crippen molar-refractivity contribution in [1.29, 1.82) is 0 Å². The van der Waals surface area contributed by atoms with Crippen molar-refractivity contribution in [1.82, 2.24) is 24.9 Å². The van der Waals surface area contributed by atoms with Gasteiger partial charge in [0.2, 0.25) is 11.8 Å². The van der Waals surface area contributed by atoms with Crippen LogP contribution in [0.1, 0.15) is 36.8 Å². The van der Waals surface area contributed by atoms with Crippen molar-refractivity contribution < 1.29 is 14.3 Å². The lowest BCUT2D eigenvalue weighted by atomic mass is 10.1. The normalized spacial score (nSPS) is 25.8. The quantitative estimate of drug-likeness (QED) is 0.585. The van der Waals surface area contributed by atoms with Crippen molar-refractivity contribution in [2.75, 3.05) is 72.1 Å². The molecule has 0 aromatic heterocycles. The van der Waals surface area contributed by atoms with Crippen LogP contribution in [0.25, 0.3) is 0 Å². The van der Waals surface area contributed by atoms with Crippen LogP contribution in [0.4, 0.5) is 0 Å². The summed E-state index contributed by atoms with van der Waals surface area (Å²) in [5.41, 5.74) is 2.62. The summed E-state index contributed by atoms with van der Waals surface area (Å²) in [5, 5.41) is 3.40. The largest absolute Gasteiger partial charge is 0.379 e. The Labute approximate surface area is 215 Å². The highest BCUT2D eigenvalue weighted by Crippen LogP contribution is 2.35. The Hall–Kier alpha value is -2.00. The zero-order valence-electron chi connectivity index (χ0n) is 21.9. The number of morpholine rings is 1. The summed E-state index contributed by atoms with van der Waals surface area (Å²) < 4.78 is 5.55. The van der Waals surface area contributed by atoms with E-state index >= 15 is 0 Å². The minimum absolute atomic E-state index is 0.128. The topological polar surface area (TPSA) is 68.4 Å². The maximum atomic E-state index is 13.8. The molecule has 3 heterocycles. The number of rotatable bonds is 8. The van der Waals surface area contributed by atoms with Crippen LogP contribution in [-0.2, 0) is 20.9 Å². The highest BCUT2D eigenvalue weighted by Gasteiger charge is 2.46.